The van der Waals surface area contributed by atoms with Crippen molar-refractivity contribution in [3.63, 3.8) is 0 Å². The van der Waals surface area contributed by atoms with Crippen LogP contribution in [0.3, 0.4) is 0 Å². The van der Waals surface area contributed by atoms with E-state index in [1.54, 1.807) is 13.1 Å². The third-order valence-corrected chi connectivity index (χ3v) is 7.14. The average Bonchev–Trinajstić information content (AvgIpc) is 3.67. The van der Waals surface area contributed by atoms with E-state index in [0.29, 0.717) is 34.8 Å². The van der Waals surface area contributed by atoms with Gasteiger partial charge in [0.15, 0.2) is 5.82 Å². The number of hydrogen-bond acceptors (Lipinski definition) is 9. The maximum Gasteiger partial charge on any atom is 0.376 e. The van der Waals surface area contributed by atoms with Crippen LogP contribution in [0.1, 0.15) is 74.3 Å². The highest BCUT2D eigenvalue weighted by Crippen LogP contribution is 2.39. The number of aryl methyl sites for hydroxylation is 1. The molecule has 1 aromatic carbocycles. The van der Waals surface area contributed by atoms with Crippen LogP contribution < -0.4 is 16.6 Å². The number of aromatic nitrogens is 6. The molecule has 4 aromatic rings. The predicted octanol–water partition coefficient (Wildman–Crippen LogP) is 4.68. The lowest BCUT2D eigenvalue weighted by atomic mass is 10.0. The minimum absolute atomic E-state index is 0.0522. The number of ether oxygens (including phenoxy) is 1. The molecule has 0 aliphatic heterocycles. The SMILES string of the molecule is CCCCOC(=O)c1nc(-c2c(N)ncnc2NC(CC)c2cc3cccc(Cl)c3c(=O)n2C2CC2)nn1C. The second-order valence-corrected chi connectivity index (χ2v) is 10.0. The van der Waals surface area contributed by atoms with Crippen LogP contribution in [-0.2, 0) is 11.8 Å². The van der Waals surface area contributed by atoms with Crippen LogP contribution in [0.25, 0.3) is 22.2 Å². The van der Waals surface area contributed by atoms with E-state index in [2.05, 4.69) is 25.4 Å². The molecule has 1 fully saturated rings. The van der Waals surface area contributed by atoms with E-state index in [1.165, 1.54) is 11.0 Å². The van der Waals surface area contributed by atoms with Gasteiger partial charge in [-0.15, -0.1) is 0 Å². The molecule has 3 heterocycles. The van der Waals surface area contributed by atoms with E-state index in [9.17, 15) is 9.59 Å². The van der Waals surface area contributed by atoms with Gasteiger partial charge in [-0.25, -0.2) is 24.4 Å². The number of nitrogens with one attached hydrogen (secondary N) is 1. The zero-order valence-electron chi connectivity index (χ0n) is 22.1. The predicted molar refractivity (Wildman–Crippen MR) is 150 cm³/mol. The van der Waals surface area contributed by atoms with Gasteiger partial charge in [0, 0.05) is 18.8 Å². The Morgan fingerprint density at radius 2 is 2.08 bits per heavy atom. The van der Waals surface area contributed by atoms with Crippen molar-refractivity contribution in [2.75, 3.05) is 17.7 Å². The molecule has 11 nitrogen and oxygen atoms in total. The van der Waals surface area contributed by atoms with Gasteiger partial charge in [0.1, 0.15) is 23.5 Å². The smallest absolute Gasteiger partial charge is 0.376 e. The van der Waals surface area contributed by atoms with Crippen LogP contribution in [0.2, 0.25) is 5.02 Å². The van der Waals surface area contributed by atoms with Crippen molar-refractivity contribution in [3.05, 3.63) is 57.5 Å². The number of carbonyl (C=O) groups is 1. The molecule has 3 aromatic heterocycles. The summed E-state index contributed by atoms with van der Waals surface area (Å²) in [5.74, 6) is 0.233. The Bertz CT molecular complexity index is 1590. The van der Waals surface area contributed by atoms with Crippen LogP contribution in [-0.4, -0.2) is 41.9 Å². The zero-order valence-corrected chi connectivity index (χ0v) is 22.9. The number of carbonyl (C=O) groups excluding carboxylic acids is 1. The Balaban J connectivity index is 1.54. The summed E-state index contributed by atoms with van der Waals surface area (Å²) in [7, 11) is 1.61. The van der Waals surface area contributed by atoms with Gasteiger partial charge < -0.3 is 20.4 Å². The number of halogens is 1. The quantitative estimate of drug-likeness (QED) is 0.212. The standard InChI is InChI=1S/C27H31ClN8O3/c1-4-6-12-39-27(38)25-33-24(34-35(25)3)21-22(29)30-14-31-23(21)32-18(5-2)19-13-15-8-7-9-17(28)20(15)26(37)36(19)16-10-11-16/h7-9,13-14,16,18H,4-6,10-12H2,1-3H3,(H3,29,30,31,32). The minimum atomic E-state index is -0.565. The molecule has 0 spiro atoms. The van der Waals surface area contributed by atoms with Crippen molar-refractivity contribution < 1.29 is 9.53 Å². The van der Waals surface area contributed by atoms with Gasteiger partial charge >= 0.3 is 5.97 Å². The molecule has 0 amide bonds. The van der Waals surface area contributed by atoms with Gasteiger partial charge in [-0.05, 0) is 43.2 Å². The fraction of sp³-hybridized carbons (Fsp3) is 0.407. The molecule has 204 valence electrons. The second-order valence-electron chi connectivity index (χ2n) is 9.64. The first kappa shape index (κ1) is 26.6. The normalized spacial score (nSPS) is 13.9. The van der Waals surface area contributed by atoms with E-state index in [4.69, 9.17) is 22.1 Å². The van der Waals surface area contributed by atoms with Crippen molar-refractivity contribution in [3.8, 4) is 11.4 Å². The van der Waals surface area contributed by atoms with Crippen LogP contribution in [0.4, 0.5) is 11.6 Å². The molecule has 1 aliphatic rings. The minimum Gasteiger partial charge on any atom is -0.460 e. The molecule has 1 aliphatic carbocycles. The number of unbranched alkanes of at least 4 members (excludes halogenated alkanes) is 1. The summed E-state index contributed by atoms with van der Waals surface area (Å²) in [6.07, 6.45) is 5.52. The molecule has 0 saturated heterocycles. The van der Waals surface area contributed by atoms with Gasteiger partial charge in [-0.3, -0.25) is 4.79 Å². The third-order valence-electron chi connectivity index (χ3n) is 6.83. The van der Waals surface area contributed by atoms with Crippen LogP contribution in [0.5, 0.6) is 0 Å². The van der Waals surface area contributed by atoms with Gasteiger partial charge in [0.2, 0.25) is 5.82 Å². The highest BCUT2D eigenvalue weighted by Gasteiger charge is 2.31. The average molecular weight is 551 g/mol. The maximum atomic E-state index is 13.6. The molecular weight excluding hydrogens is 520 g/mol. The summed E-state index contributed by atoms with van der Waals surface area (Å²) >= 11 is 6.42. The lowest BCUT2D eigenvalue weighted by Gasteiger charge is -2.24. The van der Waals surface area contributed by atoms with E-state index in [1.807, 2.05) is 36.6 Å². The highest BCUT2D eigenvalue weighted by molar-refractivity contribution is 6.35. The molecular formula is C27H31ClN8O3. The number of hydrogen-bond donors (Lipinski definition) is 2. The number of nitrogens with two attached hydrogens (primary N) is 1. The van der Waals surface area contributed by atoms with Gasteiger partial charge in [0.25, 0.3) is 5.56 Å². The number of nitrogen functional groups attached to an aromatic ring is 1. The Hall–Kier alpha value is -3.99. The highest BCUT2D eigenvalue weighted by atomic mass is 35.5. The van der Waals surface area contributed by atoms with E-state index < -0.39 is 5.97 Å². The van der Waals surface area contributed by atoms with Crippen molar-refractivity contribution in [1.29, 1.82) is 0 Å². The molecule has 5 rings (SSSR count). The summed E-state index contributed by atoms with van der Waals surface area (Å²) in [5.41, 5.74) is 7.37. The largest absolute Gasteiger partial charge is 0.460 e. The Morgan fingerprint density at radius 3 is 2.79 bits per heavy atom. The summed E-state index contributed by atoms with van der Waals surface area (Å²) in [6, 6.07) is 7.31. The van der Waals surface area contributed by atoms with Gasteiger partial charge in [0.05, 0.1) is 23.1 Å². The van der Waals surface area contributed by atoms with Crippen LogP contribution >= 0.6 is 11.6 Å². The van der Waals surface area contributed by atoms with Crippen molar-refractivity contribution in [2.45, 2.75) is 58.0 Å². The fourth-order valence-corrected chi connectivity index (χ4v) is 4.92. The Labute approximate surface area is 230 Å². The molecule has 3 N–H and O–H groups in total. The topological polar surface area (TPSA) is 143 Å². The molecule has 1 saturated carbocycles. The second kappa shape index (κ2) is 11.0. The first-order valence-electron chi connectivity index (χ1n) is 13.1. The van der Waals surface area contributed by atoms with E-state index >= 15 is 0 Å². The van der Waals surface area contributed by atoms with Gasteiger partial charge in [-0.1, -0.05) is 44.0 Å². The number of benzene rings is 1. The third kappa shape index (κ3) is 5.18. The summed E-state index contributed by atoms with van der Waals surface area (Å²) in [5, 5.41) is 9.60. The molecule has 1 unspecified atom stereocenters. The molecule has 39 heavy (non-hydrogen) atoms. The molecule has 12 heteroatoms. The van der Waals surface area contributed by atoms with E-state index in [-0.39, 0.29) is 35.1 Å². The first-order chi connectivity index (χ1) is 18.8. The molecule has 0 radical (unpaired) electrons. The number of fused-ring (bicyclic) bond motifs is 1. The maximum absolute atomic E-state index is 13.6. The lowest BCUT2D eigenvalue weighted by Crippen LogP contribution is -2.27. The lowest BCUT2D eigenvalue weighted by molar-refractivity contribution is 0.0480. The molecule has 0 bridgehead atoms. The van der Waals surface area contributed by atoms with Crippen LogP contribution in [0.15, 0.2) is 35.4 Å². The number of rotatable bonds is 10. The first-order valence-corrected chi connectivity index (χ1v) is 13.5. The van der Waals surface area contributed by atoms with Crippen molar-refractivity contribution in [1.82, 2.24) is 29.3 Å². The number of nitrogens with zero attached hydrogens (tertiary/aromatic N) is 6. The zero-order chi connectivity index (χ0) is 27.7. The van der Waals surface area contributed by atoms with Crippen molar-refractivity contribution >= 4 is 40.0 Å². The number of anilines is 2. The number of pyridine rings is 1. The summed E-state index contributed by atoms with van der Waals surface area (Å²) < 4.78 is 8.52. The molecule has 1 atom stereocenters. The van der Waals surface area contributed by atoms with Gasteiger partial charge in [-0.2, -0.15) is 5.10 Å². The summed E-state index contributed by atoms with van der Waals surface area (Å²) in [6.45, 7) is 4.34. The number of esters is 1. The van der Waals surface area contributed by atoms with Crippen LogP contribution in [0, 0.1) is 0 Å². The monoisotopic (exact) mass is 550 g/mol. The Morgan fingerprint density at radius 1 is 1.28 bits per heavy atom. The van der Waals surface area contributed by atoms with E-state index in [0.717, 1.165) is 36.8 Å². The Kier molecular flexibility index (Phi) is 7.51. The fourth-order valence-electron chi connectivity index (χ4n) is 4.65. The van der Waals surface area contributed by atoms with Crippen molar-refractivity contribution in [2.24, 2.45) is 7.05 Å². The summed E-state index contributed by atoms with van der Waals surface area (Å²) in [4.78, 5) is 39.2.